The summed E-state index contributed by atoms with van der Waals surface area (Å²) in [4.78, 5) is 18.8. The number of carbonyl (C=O) groups excluding carboxylic acids is 1. The van der Waals surface area contributed by atoms with Gasteiger partial charge in [-0.05, 0) is 54.3 Å². The van der Waals surface area contributed by atoms with Gasteiger partial charge in [-0.25, -0.2) is 4.98 Å². The molecular formula is C24H28N4O. The van der Waals surface area contributed by atoms with Crippen molar-refractivity contribution in [1.82, 2.24) is 14.5 Å². The van der Waals surface area contributed by atoms with Crippen LogP contribution in [0.5, 0.6) is 0 Å². The summed E-state index contributed by atoms with van der Waals surface area (Å²) >= 11 is 0. The molecule has 3 aromatic rings. The SMILES string of the molecule is CC(=O)Nc1ccc(-c2ccc3c(c2)nc2n3CCN(CCC3CC3)CC2)cc1. The maximum atomic E-state index is 11.2. The van der Waals surface area contributed by atoms with Gasteiger partial charge in [-0.1, -0.05) is 31.0 Å². The average Bonchev–Trinajstić information content (AvgIpc) is 3.50. The van der Waals surface area contributed by atoms with Crippen molar-refractivity contribution in [3.8, 4) is 11.1 Å². The molecule has 1 fully saturated rings. The van der Waals surface area contributed by atoms with Crippen LogP contribution in [0.2, 0.25) is 0 Å². The Hall–Kier alpha value is -2.66. The first kappa shape index (κ1) is 18.4. The second-order valence-corrected chi connectivity index (χ2v) is 8.47. The summed E-state index contributed by atoms with van der Waals surface area (Å²) in [6.07, 6.45) is 5.28. The number of fused-ring (bicyclic) bond motifs is 3. The van der Waals surface area contributed by atoms with Gasteiger partial charge < -0.3 is 14.8 Å². The van der Waals surface area contributed by atoms with E-state index in [2.05, 4.69) is 33.0 Å². The molecule has 1 aliphatic heterocycles. The third-order valence-electron chi connectivity index (χ3n) is 6.21. The highest BCUT2D eigenvalue weighted by atomic mass is 16.1. The Kier molecular flexibility index (Phi) is 4.84. The molecule has 2 aromatic carbocycles. The van der Waals surface area contributed by atoms with Crippen molar-refractivity contribution in [3.63, 3.8) is 0 Å². The Balaban J connectivity index is 1.34. The van der Waals surface area contributed by atoms with E-state index in [1.165, 1.54) is 44.1 Å². The zero-order valence-electron chi connectivity index (χ0n) is 17.0. The van der Waals surface area contributed by atoms with Crippen LogP contribution in [0.4, 0.5) is 5.69 Å². The first-order chi connectivity index (χ1) is 14.2. The Bertz CT molecular complexity index is 1030. The van der Waals surface area contributed by atoms with E-state index in [1.807, 2.05) is 24.3 Å². The van der Waals surface area contributed by atoms with E-state index in [4.69, 9.17) is 4.98 Å². The topological polar surface area (TPSA) is 50.2 Å². The van der Waals surface area contributed by atoms with Gasteiger partial charge in [0, 0.05) is 38.7 Å². The zero-order valence-corrected chi connectivity index (χ0v) is 17.0. The molecule has 0 saturated heterocycles. The zero-order chi connectivity index (χ0) is 19.8. The molecule has 0 spiro atoms. The first-order valence-electron chi connectivity index (χ1n) is 10.8. The maximum absolute atomic E-state index is 11.2. The summed E-state index contributed by atoms with van der Waals surface area (Å²) in [5.41, 5.74) is 5.43. The van der Waals surface area contributed by atoms with Gasteiger partial charge in [-0.2, -0.15) is 0 Å². The molecule has 1 saturated carbocycles. The Labute approximate surface area is 171 Å². The van der Waals surface area contributed by atoms with Gasteiger partial charge in [-0.3, -0.25) is 4.79 Å². The molecule has 0 bridgehead atoms. The number of amides is 1. The molecule has 0 unspecified atom stereocenters. The number of hydrogen-bond acceptors (Lipinski definition) is 3. The Morgan fingerprint density at radius 1 is 1.07 bits per heavy atom. The van der Waals surface area contributed by atoms with Crippen LogP contribution in [0, 0.1) is 5.92 Å². The number of aromatic nitrogens is 2. The summed E-state index contributed by atoms with van der Waals surface area (Å²) in [5, 5.41) is 2.82. The van der Waals surface area contributed by atoms with Gasteiger partial charge in [0.15, 0.2) is 0 Å². The lowest BCUT2D eigenvalue weighted by Gasteiger charge is -2.19. The van der Waals surface area contributed by atoms with Crippen molar-refractivity contribution in [2.24, 2.45) is 5.92 Å². The smallest absolute Gasteiger partial charge is 0.221 e. The molecule has 1 amide bonds. The maximum Gasteiger partial charge on any atom is 0.221 e. The van der Waals surface area contributed by atoms with E-state index in [9.17, 15) is 4.79 Å². The van der Waals surface area contributed by atoms with Gasteiger partial charge in [-0.15, -0.1) is 0 Å². The van der Waals surface area contributed by atoms with Gasteiger partial charge >= 0.3 is 0 Å². The number of carbonyl (C=O) groups is 1. The number of imidazole rings is 1. The van der Waals surface area contributed by atoms with E-state index in [0.717, 1.165) is 54.3 Å². The lowest BCUT2D eigenvalue weighted by molar-refractivity contribution is -0.114. The largest absolute Gasteiger partial charge is 0.327 e. The molecule has 0 atom stereocenters. The predicted octanol–water partition coefficient (Wildman–Crippen LogP) is 4.32. The fourth-order valence-corrected chi connectivity index (χ4v) is 4.36. The molecular weight excluding hydrogens is 360 g/mol. The van der Waals surface area contributed by atoms with Crippen LogP contribution in [0.15, 0.2) is 42.5 Å². The number of hydrogen-bond donors (Lipinski definition) is 1. The molecule has 1 N–H and O–H groups in total. The molecule has 0 radical (unpaired) electrons. The fourth-order valence-electron chi connectivity index (χ4n) is 4.36. The van der Waals surface area contributed by atoms with Gasteiger partial charge in [0.1, 0.15) is 5.82 Å². The summed E-state index contributed by atoms with van der Waals surface area (Å²) in [5.74, 6) is 2.17. The number of benzene rings is 2. The molecule has 5 rings (SSSR count). The van der Waals surface area contributed by atoms with Crippen LogP contribution in [-0.4, -0.2) is 40.0 Å². The minimum absolute atomic E-state index is 0.0511. The average molecular weight is 389 g/mol. The van der Waals surface area contributed by atoms with Gasteiger partial charge in [0.25, 0.3) is 0 Å². The monoisotopic (exact) mass is 388 g/mol. The third kappa shape index (κ3) is 4.06. The second-order valence-electron chi connectivity index (χ2n) is 8.47. The van der Waals surface area contributed by atoms with Crippen molar-refractivity contribution >= 4 is 22.6 Å². The van der Waals surface area contributed by atoms with Crippen LogP contribution >= 0.6 is 0 Å². The van der Waals surface area contributed by atoms with Crippen molar-refractivity contribution in [1.29, 1.82) is 0 Å². The summed E-state index contributed by atoms with van der Waals surface area (Å²) in [6, 6.07) is 14.6. The van der Waals surface area contributed by atoms with Crippen molar-refractivity contribution in [3.05, 3.63) is 48.3 Å². The highest BCUT2D eigenvalue weighted by Gasteiger charge is 2.23. The summed E-state index contributed by atoms with van der Waals surface area (Å²) < 4.78 is 2.41. The van der Waals surface area contributed by atoms with Gasteiger partial charge in [0.05, 0.1) is 11.0 Å². The van der Waals surface area contributed by atoms with Crippen LogP contribution in [0.1, 0.15) is 32.0 Å². The molecule has 29 heavy (non-hydrogen) atoms. The molecule has 5 nitrogen and oxygen atoms in total. The third-order valence-corrected chi connectivity index (χ3v) is 6.21. The molecule has 1 aromatic heterocycles. The lowest BCUT2D eigenvalue weighted by atomic mass is 10.0. The van der Waals surface area contributed by atoms with E-state index in [1.54, 1.807) is 0 Å². The molecule has 1 aliphatic carbocycles. The number of anilines is 1. The lowest BCUT2D eigenvalue weighted by Crippen LogP contribution is -2.28. The number of nitrogens with one attached hydrogen (secondary N) is 1. The standard InChI is InChI=1S/C24H28N4O/c1-17(29)25-21-7-4-19(5-8-21)20-6-9-23-22(16-20)26-24-11-13-27(14-15-28(23)24)12-10-18-2-3-18/h4-9,16,18H,2-3,10-15H2,1H3,(H,25,29). The van der Waals surface area contributed by atoms with Gasteiger partial charge in [0.2, 0.25) is 5.91 Å². The van der Waals surface area contributed by atoms with Crippen molar-refractivity contribution < 1.29 is 4.79 Å². The van der Waals surface area contributed by atoms with Crippen molar-refractivity contribution in [2.45, 2.75) is 39.2 Å². The molecule has 2 aliphatic rings. The van der Waals surface area contributed by atoms with E-state index in [0.29, 0.717) is 0 Å². The molecule has 150 valence electrons. The normalized spacial score (nSPS) is 17.1. The van der Waals surface area contributed by atoms with Crippen LogP contribution < -0.4 is 5.32 Å². The highest BCUT2D eigenvalue weighted by molar-refractivity contribution is 5.89. The number of nitrogens with zero attached hydrogens (tertiary/aromatic N) is 3. The number of rotatable bonds is 5. The van der Waals surface area contributed by atoms with Crippen LogP contribution in [0.3, 0.4) is 0 Å². The first-order valence-corrected chi connectivity index (χ1v) is 10.8. The molecule has 2 heterocycles. The molecule has 5 heteroatoms. The summed E-state index contributed by atoms with van der Waals surface area (Å²) in [6.45, 7) is 6.04. The predicted molar refractivity (Wildman–Crippen MR) is 117 cm³/mol. The summed E-state index contributed by atoms with van der Waals surface area (Å²) in [7, 11) is 0. The van der Waals surface area contributed by atoms with E-state index < -0.39 is 0 Å². The van der Waals surface area contributed by atoms with Crippen molar-refractivity contribution in [2.75, 3.05) is 25.0 Å². The minimum atomic E-state index is -0.0511. The highest BCUT2D eigenvalue weighted by Crippen LogP contribution is 2.32. The Morgan fingerprint density at radius 3 is 2.62 bits per heavy atom. The van der Waals surface area contributed by atoms with Crippen LogP contribution in [0.25, 0.3) is 22.2 Å². The quantitative estimate of drug-likeness (QED) is 0.708. The second kappa shape index (κ2) is 7.64. The Morgan fingerprint density at radius 2 is 1.86 bits per heavy atom. The van der Waals surface area contributed by atoms with Crippen LogP contribution in [-0.2, 0) is 17.8 Å². The fraction of sp³-hybridized carbons (Fsp3) is 0.417. The van der Waals surface area contributed by atoms with E-state index in [-0.39, 0.29) is 5.91 Å². The van der Waals surface area contributed by atoms with E-state index >= 15 is 0 Å². The minimum Gasteiger partial charge on any atom is -0.327 e.